The van der Waals surface area contributed by atoms with Crippen LogP contribution in [0.2, 0.25) is 0 Å². The molecule has 1 saturated heterocycles. The van der Waals surface area contributed by atoms with E-state index < -0.39 is 0 Å². The molecular weight excluding hydrogens is 382 g/mol. The van der Waals surface area contributed by atoms with Crippen LogP contribution in [0.3, 0.4) is 0 Å². The minimum atomic E-state index is -0.364. The van der Waals surface area contributed by atoms with Gasteiger partial charge in [-0.3, -0.25) is 4.79 Å². The van der Waals surface area contributed by atoms with Gasteiger partial charge in [0.25, 0.3) is 5.91 Å². The first-order valence-corrected chi connectivity index (χ1v) is 10.3. The van der Waals surface area contributed by atoms with Gasteiger partial charge in [0.15, 0.2) is 18.1 Å². The number of quaternary nitrogens is 1. The van der Waals surface area contributed by atoms with E-state index in [1.165, 1.54) is 24.2 Å². The summed E-state index contributed by atoms with van der Waals surface area (Å²) in [7, 11) is 1.55. The number of para-hydroxylation sites is 2. The summed E-state index contributed by atoms with van der Waals surface area (Å²) in [6, 6.07) is 12.6. The molecule has 30 heavy (non-hydrogen) atoms. The second-order valence-corrected chi connectivity index (χ2v) is 7.50. The van der Waals surface area contributed by atoms with Crippen molar-refractivity contribution in [2.45, 2.75) is 32.7 Å². The first-order chi connectivity index (χ1) is 14.6. The maximum atomic E-state index is 12.1. The molecule has 1 heterocycles. The number of amides is 1. The molecule has 3 N–H and O–H groups in total. The molecule has 2 aromatic carbocycles. The number of nitrogens with one attached hydrogen (secondary N) is 2. The molecule has 3 rings (SSSR count). The van der Waals surface area contributed by atoms with Crippen molar-refractivity contribution in [3.05, 3.63) is 53.6 Å². The van der Waals surface area contributed by atoms with Crippen LogP contribution in [-0.2, 0) is 11.3 Å². The smallest absolute Gasteiger partial charge is 0.277 e. The number of hydrogen-bond donors (Lipinski definition) is 3. The number of ether oxygens (including phenoxy) is 2. The Balaban J connectivity index is 1.57. The van der Waals surface area contributed by atoms with E-state index in [-0.39, 0.29) is 12.5 Å². The Morgan fingerprint density at radius 2 is 1.87 bits per heavy atom. The fourth-order valence-electron chi connectivity index (χ4n) is 3.57. The molecule has 0 unspecified atom stereocenters. The summed E-state index contributed by atoms with van der Waals surface area (Å²) in [5.74, 6) is 1.01. The van der Waals surface area contributed by atoms with Gasteiger partial charge in [0.05, 0.1) is 25.9 Å². The molecule has 1 amide bonds. The first-order valence-electron chi connectivity index (χ1n) is 10.3. The van der Waals surface area contributed by atoms with E-state index in [0.29, 0.717) is 23.0 Å². The van der Waals surface area contributed by atoms with Gasteiger partial charge in [-0.15, -0.1) is 0 Å². The van der Waals surface area contributed by atoms with Gasteiger partial charge in [-0.05, 0) is 62.1 Å². The number of benzene rings is 2. The highest BCUT2D eigenvalue weighted by Gasteiger charge is 2.16. The highest BCUT2D eigenvalue weighted by molar-refractivity contribution is 5.99. The minimum absolute atomic E-state index is 0.170. The third-order valence-electron chi connectivity index (χ3n) is 5.27. The molecule has 7 heteroatoms. The van der Waals surface area contributed by atoms with Crippen molar-refractivity contribution in [1.82, 2.24) is 5.43 Å². The molecule has 0 spiro atoms. The van der Waals surface area contributed by atoms with Gasteiger partial charge >= 0.3 is 0 Å². The van der Waals surface area contributed by atoms with Crippen molar-refractivity contribution >= 4 is 11.6 Å². The van der Waals surface area contributed by atoms with Crippen LogP contribution in [0.1, 0.15) is 37.3 Å². The van der Waals surface area contributed by atoms with E-state index >= 15 is 0 Å². The second kappa shape index (κ2) is 10.6. The number of phenols is 1. The van der Waals surface area contributed by atoms with Crippen molar-refractivity contribution in [3.63, 3.8) is 0 Å². The van der Waals surface area contributed by atoms with Gasteiger partial charge < -0.3 is 19.5 Å². The molecule has 1 fully saturated rings. The zero-order chi connectivity index (χ0) is 21.3. The van der Waals surface area contributed by atoms with Gasteiger partial charge in [-0.1, -0.05) is 12.1 Å². The quantitative estimate of drug-likeness (QED) is 0.457. The normalized spacial score (nSPS) is 14.9. The largest absolute Gasteiger partial charge is 0.507 e. The Morgan fingerprint density at radius 3 is 2.60 bits per heavy atom. The lowest BCUT2D eigenvalue weighted by Crippen LogP contribution is -3.11. The van der Waals surface area contributed by atoms with Crippen LogP contribution in [0.4, 0.5) is 0 Å². The van der Waals surface area contributed by atoms with E-state index in [1.807, 2.05) is 25.1 Å². The Hall–Kier alpha value is -3.06. The number of carbonyl (C=O) groups is 1. The van der Waals surface area contributed by atoms with Crippen molar-refractivity contribution in [2.24, 2.45) is 5.10 Å². The topological polar surface area (TPSA) is 84.6 Å². The molecule has 1 aliphatic rings. The highest BCUT2D eigenvalue weighted by Crippen LogP contribution is 2.25. The van der Waals surface area contributed by atoms with Gasteiger partial charge in [0.1, 0.15) is 12.3 Å². The monoisotopic (exact) mass is 412 g/mol. The average Bonchev–Trinajstić information content (AvgIpc) is 2.78. The number of hydrogen-bond acceptors (Lipinski definition) is 5. The summed E-state index contributed by atoms with van der Waals surface area (Å²) in [6.07, 6.45) is 3.76. The van der Waals surface area contributed by atoms with Crippen molar-refractivity contribution in [3.8, 4) is 17.2 Å². The van der Waals surface area contributed by atoms with Gasteiger partial charge in [-0.25, -0.2) is 5.43 Å². The van der Waals surface area contributed by atoms with Crippen LogP contribution in [-0.4, -0.2) is 43.5 Å². The number of carbonyl (C=O) groups excluding carboxylic acids is 1. The number of hydrazone groups is 1. The maximum absolute atomic E-state index is 12.1. The molecule has 0 aliphatic carbocycles. The van der Waals surface area contributed by atoms with Crippen LogP contribution in [0, 0.1) is 0 Å². The number of nitrogens with zero attached hydrogens (tertiary/aromatic N) is 1. The van der Waals surface area contributed by atoms with Crippen molar-refractivity contribution in [2.75, 3.05) is 26.8 Å². The van der Waals surface area contributed by atoms with Crippen LogP contribution in [0.5, 0.6) is 17.2 Å². The summed E-state index contributed by atoms with van der Waals surface area (Å²) in [6.45, 7) is 4.73. The van der Waals surface area contributed by atoms with E-state index in [2.05, 4.69) is 10.5 Å². The van der Waals surface area contributed by atoms with Crippen molar-refractivity contribution in [1.29, 1.82) is 0 Å². The molecule has 2 aromatic rings. The number of likely N-dealkylation sites (tertiary alicyclic amines) is 1. The van der Waals surface area contributed by atoms with E-state index in [4.69, 9.17) is 9.47 Å². The third kappa shape index (κ3) is 5.97. The standard InChI is InChI=1S/C23H29N3O4/c1-17(24-25-23(28)16-30-22-9-5-4-8-21(22)29-2)18-10-11-20(27)19(14-18)15-26-12-6-3-7-13-26/h4-5,8-11,14,27H,3,6-7,12-13,15-16H2,1-2H3,(H,25,28)/p+1/b24-17+. The lowest BCUT2D eigenvalue weighted by Gasteiger charge is -2.24. The fourth-order valence-corrected chi connectivity index (χ4v) is 3.57. The Labute approximate surface area is 177 Å². The molecular formula is C23H30N3O4+. The predicted molar refractivity (Wildman–Crippen MR) is 115 cm³/mol. The molecule has 160 valence electrons. The van der Waals surface area contributed by atoms with Crippen LogP contribution in [0.25, 0.3) is 0 Å². The third-order valence-corrected chi connectivity index (χ3v) is 5.27. The lowest BCUT2D eigenvalue weighted by atomic mass is 10.0. The minimum Gasteiger partial charge on any atom is -0.507 e. The number of piperidine rings is 1. The summed E-state index contributed by atoms with van der Waals surface area (Å²) in [5.41, 5.74) is 4.96. The van der Waals surface area contributed by atoms with Crippen molar-refractivity contribution < 1.29 is 24.3 Å². The second-order valence-electron chi connectivity index (χ2n) is 7.50. The molecule has 0 atom stereocenters. The molecule has 0 radical (unpaired) electrons. The lowest BCUT2D eigenvalue weighted by molar-refractivity contribution is -0.918. The molecule has 0 aromatic heterocycles. The summed E-state index contributed by atoms with van der Waals surface area (Å²) in [4.78, 5) is 13.6. The highest BCUT2D eigenvalue weighted by atomic mass is 16.5. The number of rotatable bonds is 8. The molecule has 0 saturated carbocycles. The predicted octanol–water partition coefficient (Wildman–Crippen LogP) is 1.89. The number of aromatic hydroxyl groups is 1. The Kier molecular flexibility index (Phi) is 7.68. The first kappa shape index (κ1) is 21.6. The van der Waals surface area contributed by atoms with E-state index in [9.17, 15) is 9.90 Å². The van der Waals surface area contributed by atoms with E-state index in [1.54, 1.807) is 31.4 Å². The van der Waals surface area contributed by atoms with Gasteiger partial charge in [0, 0.05) is 5.56 Å². The van der Waals surface area contributed by atoms with Crippen LogP contribution in [0.15, 0.2) is 47.6 Å². The summed E-state index contributed by atoms with van der Waals surface area (Å²) >= 11 is 0. The average molecular weight is 413 g/mol. The zero-order valence-electron chi connectivity index (χ0n) is 17.6. The Morgan fingerprint density at radius 1 is 1.13 bits per heavy atom. The SMILES string of the molecule is COc1ccccc1OCC(=O)N/N=C(\C)c1ccc(O)c(C[NH+]2CCCCC2)c1. The zero-order valence-corrected chi connectivity index (χ0v) is 17.6. The van der Waals surface area contributed by atoms with Crippen LogP contribution >= 0.6 is 0 Å². The molecule has 0 bridgehead atoms. The van der Waals surface area contributed by atoms with Gasteiger partial charge in [-0.2, -0.15) is 5.10 Å². The summed E-state index contributed by atoms with van der Waals surface area (Å²) in [5, 5.41) is 14.4. The molecule has 1 aliphatic heterocycles. The van der Waals surface area contributed by atoms with Crippen LogP contribution < -0.4 is 19.8 Å². The van der Waals surface area contributed by atoms with Gasteiger partial charge in [0.2, 0.25) is 0 Å². The maximum Gasteiger partial charge on any atom is 0.277 e. The molecule has 7 nitrogen and oxygen atoms in total. The van der Waals surface area contributed by atoms with E-state index in [0.717, 1.165) is 30.8 Å². The fraction of sp³-hybridized carbons (Fsp3) is 0.391. The number of methoxy groups -OCH3 is 1. The Bertz CT molecular complexity index is 892. The number of phenolic OH excluding ortho intramolecular Hbond substituents is 1. The summed E-state index contributed by atoms with van der Waals surface area (Å²) < 4.78 is 10.7.